The number of hydrogen-bond acceptors (Lipinski definition) is 7. The zero-order chi connectivity index (χ0) is 30.5. The molecule has 1 aliphatic rings. The van der Waals surface area contributed by atoms with E-state index in [9.17, 15) is 9.59 Å². The number of anilines is 3. The first-order valence-corrected chi connectivity index (χ1v) is 14.3. The number of nitrogens with zero attached hydrogens (tertiary/aromatic N) is 2. The van der Waals surface area contributed by atoms with Crippen molar-refractivity contribution in [3.63, 3.8) is 0 Å². The smallest absolute Gasteiger partial charge is 0.407 e. The maximum atomic E-state index is 15.6. The molecule has 3 aromatic rings. The highest BCUT2D eigenvalue weighted by atomic mass is 19.1. The lowest BCUT2D eigenvalue weighted by molar-refractivity contribution is 0.0488. The monoisotopic (exact) mass is 576 g/mol. The molecule has 1 aliphatic carbocycles. The van der Waals surface area contributed by atoms with Gasteiger partial charge in [-0.2, -0.15) is 0 Å². The maximum Gasteiger partial charge on any atom is 0.407 e. The molecule has 2 aromatic heterocycles. The van der Waals surface area contributed by atoms with Gasteiger partial charge in [0.05, 0.1) is 29.0 Å². The minimum Gasteiger partial charge on any atom is -0.444 e. The number of hydrogen-bond donors (Lipinski definition) is 4. The molecule has 0 bridgehead atoms. The third kappa shape index (κ3) is 8.18. The van der Waals surface area contributed by atoms with Gasteiger partial charge in [-0.3, -0.25) is 9.78 Å². The number of rotatable bonds is 8. The molecule has 2 amide bonds. The minimum absolute atomic E-state index is 0.0145. The zero-order valence-electron chi connectivity index (χ0n) is 25.2. The molecular formula is C32H41FN6O3. The number of amides is 2. The van der Waals surface area contributed by atoms with Crippen LogP contribution in [0, 0.1) is 12.7 Å². The van der Waals surface area contributed by atoms with E-state index in [0.717, 1.165) is 24.1 Å². The van der Waals surface area contributed by atoms with Crippen molar-refractivity contribution < 1.29 is 18.7 Å². The molecule has 0 aliphatic heterocycles. The van der Waals surface area contributed by atoms with Crippen LogP contribution in [0.2, 0.25) is 0 Å². The first kappa shape index (κ1) is 30.7. The quantitative estimate of drug-likeness (QED) is 0.239. The molecule has 10 heteroatoms. The summed E-state index contributed by atoms with van der Waals surface area (Å²) in [5.74, 6) is -0.990. The molecule has 2 heterocycles. The number of pyridine rings is 2. The van der Waals surface area contributed by atoms with E-state index in [1.807, 2.05) is 63.2 Å². The van der Waals surface area contributed by atoms with Crippen molar-refractivity contribution in [1.82, 2.24) is 20.6 Å². The van der Waals surface area contributed by atoms with Crippen LogP contribution in [0.3, 0.4) is 0 Å². The Morgan fingerprint density at radius 1 is 0.952 bits per heavy atom. The summed E-state index contributed by atoms with van der Waals surface area (Å²) < 4.78 is 21.1. The molecule has 0 spiro atoms. The predicted molar refractivity (Wildman–Crippen MR) is 162 cm³/mol. The van der Waals surface area contributed by atoms with Crippen molar-refractivity contribution in [3.8, 4) is 0 Å². The average molecular weight is 577 g/mol. The van der Waals surface area contributed by atoms with Gasteiger partial charge in [0.2, 0.25) is 0 Å². The molecule has 0 radical (unpaired) electrons. The van der Waals surface area contributed by atoms with Crippen LogP contribution in [0.4, 0.5) is 26.5 Å². The Kier molecular flexibility index (Phi) is 9.33. The molecule has 9 nitrogen and oxygen atoms in total. The molecular weight excluding hydrogens is 535 g/mol. The van der Waals surface area contributed by atoms with E-state index in [2.05, 4.69) is 31.2 Å². The summed E-state index contributed by atoms with van der Waals surface area (Å²) in [6.45, 7) is 11.1. The second-order valence-electron chi connectivity index (χ2n) is 12.3. The highest BCUT2D eigenvalue weighted by molar-refractivity contribution is 6.00. The van der Waals surface area contributed by atoms with Crippen LogP contribution in [0.5, 0.6) is 0 Å². The van der Waals surface area contributed by atoms with Crippen LogP contribution >= 0.6 is 0 Å². The van der Waals surface area contributed by atoms with Gasteiger partial charge in [-0.1, -0.05) is 43.2 Å². The fourth-order valence-electron chi connectivity index (χ4n) is 4.93. The Balaban J connectivity index is 1.62. The van der Waals surface area contributed by atoms with Gasteiger partial charge in [0.15, 0.2) is 11.6 Å². The molecule has 4 rings (SSSR count). The summed E-state index contributed by atoms with van der Waals surface area (Å²) in [7, 11) is 0. The highest BCUT2D eigenvalue weighted by Crippen LogP contribution is 2.29. The average Bonchev–Trinajstić information content (AvgIpc) is 2.92. The van der Waals surface area contributed by atoms with E-state index in [1.165, 1.54) is 6.07 Å². The van der Waals surface area contributed by atoms with E-state index in [4.69, 9.17) is 4.74 Å². The molecule has 42 heavy (non-hydrogen) atoms. The number of alkyl carbamates (subject to hydrolysis) is 1. The van der Waals surface area contributed by atoms with E-state index in [-0.39, 0.29) is 29.3 Å². The van der Waals surface area contributed by atoms with Crippen molar-refractivity contribution in [1.29, 1.82) is 0 Å². The van der Waals surface area contributed by atoms with Crippen molar-refractivity contribution in [2.24, 2.45) is 0 Å². The molecule has 0 saturated heterocycles. The van der Waals surface area contributed by atoms with E-state index in [0.29, 0.717) is 18.5 Å². The van der Waals surface area contributed by atoms with Gasteiger partial charge in [0, 0.05) is 11.7 Å². The molecule has 1 aromatic carbocycles. The number of halogens is 1. The van der Waals surface area contributed by atoms with Crippen LogP contribution in [-0.2, 0) is 10.3 Å². The lowest BCUT2D eigenvalue weighted by Gasteiger charge is -2.34. The lowest BCUT2D eigenvalue weighted by atomic mass is 9.90. The van der Waals surface area contributed by atoms with Gasteiger partial charge < -0.3 is 26.0 Å². The van der Waals surface area contributed by atoms with Gasteiger partial charge in [0.1, 0.15) is 11.4 Å². The van der Waals surface area contributed by atoms with Crippen LogP contribution in [0.25, 0.3) is 0 Å². The number of nitrogens with one attached hydrogen (secondary N) is 4. The lowest BCUT2D eigenvalue weighted by Crippen LogP contribution is -2.50. The number of aromatic nitrogens is 2. The summed E-state index contributed by atoms with van der Waals surface area (Å²) in [5.41, 5.74) is 1.03. The van der Waals surface area contributed by atoms with Crippen LogP contribution in [-0.4, -0.2) is 39.7 Å². The van der Waals surface area contributed by atoms with E-state index >= 15 is 4.39 Å². The maximum absolute atomic E-state index is 15.6. The van der Waals surface area contributed by atoms with Gasteiger partial charge >= 0.3 is 6.09 Å². The van der Waals surface area contributed by atoms with Crippen LogP contribution in [0.1, 0.15) is 81.9 Å². The fourth-order valence-corrected chi connectivity index (χ4v) is 4.93. The first-order chi connectivity index (χ1) is 19.8. The van der Waals surface area contributed by atoms with E-state index < -0.39 is 29.0 Å². The van der Waals surface area contributed by atoms with E-state index in [1.54, 1.807) is 27.0 Å². The number of ether oxygens (including phenoxy) is 1. The van der Waals surface area contributed by atoms with Gasteiger partial charge in [-0.05, 0) is 78.1 Å². The summed E-state index contributed by atoms with van der Waals surface area (Å²) >= 11 is 0. The minimum atomic E-state index is -0.725. The van der Waals surface area contributed by atoms with Crippen LogP contribution in [0.15, 0.2) is 54.7 Å². The molecule has 1 fully saturated rings. The van der Waals surface area contributed by atoms with Crippen molar-refractivity contribution >= 4 is 29.3 Å². The summed E-state index contributed by atoms with van der Waals surface area (Å²) in [4.78, 5) is 34.9. The molecule has 2 atom stereocenters. The van der Waals surface area contributed by atoms with Gasteiger partial charge in [-0.25, -0.2) is 14.2 Å². The number of carbonyl (C=O) groups excluding carboxylic acids is 2. The van der Waals surface area contributed by atoms with Crippen LogP contribution < -0.4 is 21.3 Å². The SMILES string of the molecule is Cc1ccc(Nc2nc(NC3CCCCC3NC(=O)OC(C)(C)C)c(F)cc2C(=O)NC(C)(C)c2ccccc2)cn1. The molecule has 4 N–H and O–H groups in total. The molecule has 1 saturated carbocycles. The Bertz CT molecular complexity index is 1390. The summed E-state index contributed by atoms with van der Waals surface area (Å²) in [6, 6.07) is 13.8. The zero-order valence-corrected chi connectivity index (χ0v) is 25.2. The second-order valence-corrected chi connectivity index (χ2v) is 12.3. The largest absolute Gasteiger partial charge is 0.444 e. The normalized spacial score (nSPS) is 17.2. The standard InChI is InChI=1S/C32H41FN6O3/c1-20-16-17-22(19-34-20)35-27-23(29(40)39-32(5,6)21-12-8-7-9-13-21)18-24(33)28(38-27)36-25-14-10-11-15-26(25)37-30(41)42-31(2,3)4/h7-9,12-13,16-19,25-26H,10-11,14-15H2,1-6H3,(H,37,41)(H,39,40)(H2,35,36,38). The predicted octanol–water partition coefficient (Wildman–Crippen LogP) is 6.58. The van der Waals surface area contributed by atoms with Crippen molar-refractivity contribution in [2.45, 2.75) is 90.4 Å². The number of benzene rings is 1. The third-order valence-corrected chi connectivity index (χ3v) is 7.11. The fraction of sp³-hybridized carbons (Fsp3) is 0.438. The Morgan fingerprint density at radius 2 is 1.64 bits per heavy atom. The summed E-state index contributed by atoms with van der Waals surface area (Å²) in [6.07, 6.45) is 4.38. The van der Waals surface area contributed by atoms with Gasteiger partial charge in [0.25, 0.3) is 5.91 Å². The highest BCUT2D eigenvalue weighted by Gasteiger charge is 2.31. The molecule has 224 valence electrons. The molecule has 2 unspecified atom stereocenters. The third-order valence-electron chi connectivity index (χ3n) is 7.11. The first-order valence-electron chi connectivity index (χ1n) is 14.3. The summed E-state index contributed by atoms with van der Waals surface area (Å²) in [5, 5.41) is 12.3. The number of carbonyl (C=O) groups is 2. The Hall–Kier alpha value is -4.21. The van der Waals surface area contributed by atoms with Crippen molar-refractivity contribution in [2.75, 3.05) is 10.6 Å². The Labute approximate surface area is 247 Å². The second kappa shape index (κ2) is 12.8. The Morgan fingerprint density at radius 3 is 2.29 bits per heavy atom. The van der Waals surface area contributed by atoms with Gasteiger partial charge in [-0.15, -0.1) is 0 Å². The topological polar surface area (TPSA) is 117 Å². The van der Waals surface area contributed by atoms with Crippen molar-refractivity contribution in [3.05, 3.63) is 77.4 Å². The number of aryl methyl sites for hydroxylation is 1.